The average Bonchev–Trinajstić information content (AvgIpc) is 2.61. The Bertz CT molecular complexity index is 1020. The van der Waals surface area contributed by atoms with Crippen molar-refractivity contribution in [3.8, 4) is 0 Å². The van der Waals surface area contributed by atoms with Crippen molar-refractivity contribution in [3.63, 3.8) is 0 Å². The summed E-state index contributed by atoms with van der Waals surface area (Å²) in [6, 6.07) is 9.66. The minimum absolute atomic E-state index is 0.244. The number of pyridine rings is 2. The zero-order valence-electron chi connectivity index (χ0n) is 14.4. The first-order valence-corrected chi connectivity index (χ1v) is 8.15. The molecule has 0 aliphatic rings. The van der Waals surface area contributed by atoms with Gasteiger partial charge in [0.05, 0.1) is 35.0 Å². The Morgan fingerprint density at radius 3 is 2.30 bits per heavy atom. The van der Waals surface area contributed by atoms with Crippen LogP contribution in [0.5, 0.6) is 0 Å². The summed E-state index contributed by atoms with van der Waals surface area (Å²) >= 11 is 4.67. The van der Waals surface area contributed by atoms with Gasteiger partial charge >= 0.3 is 11.9 Å². The molecule has 3 aromatic rings. The van der Waals surface area contributed by atoms with Crippen LogP contribution < -0.4 is 0 Å². The van der Waals surface area contributed by atoms with Gasteiger partial charge in [0.1, 0.15) is 0 Å². The van der Waals surface area contributed by atoms with E-state index < -0.39 is 11.9 Å². The molecule has 2 aromatic heterocycles. The maximum Gasteiger partial charge on any atom is 0.317 e. The average molecular weight is 384 g/mol. The van der Waals surface area contributed by atoms with Crippen molar-refractivity contribution >= 4 is 56.8 Å². The molecule has 2 heterocycles. The third kappa shape index (κ3) is 5.61. The minimum atomic E-state index is -1.02. The largest absolute Gasteiger partial charge is 0.480 e. The van der Waals surface area contributed by atoms with Gasteiger partial charge in [-0.3, -0.25) is 24.5 Å². The van der Waals surface area contributed by atoms with E-state index in [0.29, 0.717) is 0 Å². The number of carboxylic acid groups (broad SMARTS) is 2. The first-order valence-electron chi connectivity index (χ1n) is 7.75. The summed E-state index contributed by atoms with van der Waals surface area (Å²) < 4.78 is 0. The fraction of sp³-hybridized carbons (Fsp3) is 0.167. The zero-order chi connectivity index (χ0) is 19.8. The number of rotatable bonds is 5. The molecule has 0 bridgehead atoms. The number of nitrogens with zero attached hydrogens (tertiary/aromatic N) is 4. The van der Waals surface area contributed by atoms with E-state index in [2.05, 4.69) is 32.3 Å². The minimum Gasteiger partial charge on any atom is -0.480 e. The third-order valence-corrected chi connectivity index (χ3v) is 3.51. The first-order chi connectivity index (χ1) is 12.9. The maximum absolute atomic E-state index is 9.96. The molecule has 1 aromatic carbocycles. The summed E-state index contributed by atoms with van der Waals surface area (Å²) in [4.78, 5) is 33.9. The van der Waals surface area contributed by atoms with Crippen molar-refractivity contribution in [3.05, 3.63) is 42.7 Å². The Morgan fingerprint density at radius 1 is 1.11 bits per heavy atom. The lowest BCUT2D eigenvalue weighted by Crippen LogP contribution is -2.30. The predicted octanol–water partition coefficient (Wildman–Crippen LogP) is 2.60. The highest BCUT2D eigenvalue weighted by atomic mass is 32.1. The van der Waals surface area contributed by atoms with E-state index in [-0.39, 0.29) is 13.1 Å². The molecule has 0 saturated heterocycles. The standard InChI is InChI=1S/C13H7N3S.C5H9NO4/c17-8-16-11-7-9-3-1-5-14-12(9)13-10(11)4-2-6-15-13;1-6(2-4(7)8)3-5(9)10/h1-7H;2-3H2,1H3,(H,7,8)(H,9,10). The maximum atomic E-state index is 9.96. The first kappa shape index (κ1) is 20.1. The highest BCUT2D eigenvalue weighted by Gasteiger charge is 2.07. The molecular formula is C18H16N4O4S. The Labute approximate surface area is 159 Å². The number of hydrogen-bond acceptors (Lipinski definition) is 7. The number of aromatic nitrogens is 2. The molecule has 0 amide bonds. The number of carbonyl (C=O) groups is 2. The van der Waals surface area contributed by atoms with Crippen molar-refractivity contribution in [2.75, 3.05) is 20.1 Å². The quantitative estimate of drug-likeness (QED) is 0.392. The van der Waals surface area contributed by atoms with Crippen LogP contribution in [0.2, 0.25) is 0 Å². The number of thiocarbonyl (C=S) groups is 1. The molecule has 3 rings (SSSR count). The summed E-state index contributed by atoms with van der Waals surface area (Å²) in [6.45, 7) is -0.488. The van der Waals surface area contributed by atoms with Crippen LogP contribution >= 0.6 is 12.2 Å². The van der Waals surface area contributed by atoms with Gasteiger partial charge in [0.2, 0.25) is 0 Å². The Kier molecular flexibility index (Phi) is 7.01. The molecule has 0 unspecified atom stereocenters. The molecular weight excluding hydrogens is 368 g/mol. The fourth-order valence-corrected chi connectivity index (χ4v) is 2.52. The topological polar surface area (TPSA) is 116 Å². The Morgan fingerprint density at radius 2 is 1.70 bits per heavy atom. The summed E-state index contributed by atoms with van der Waals surface area (Å²) in [5, 5.41) is 20.7. The molecule has 0 saturated carbocycles. The summed E-state index contributed by atoms with van der Waals surface area (Å²) in [7, 11) is 1.43. The number of carboxylic acids is 2. The number of benzene rings is 1. The molecule has 9 heteroatoms. The molecule has 138 valence electrons. The Balaban J connectivity index is 0.000000227. The van der Waals surface area contributed by atoms with Gasteiger partial charge in [-0.05, 0) is 43.5 Å². The highest BCUT2D eigenvalue weighted by Crippen LogP contribution is 2.30. The van der Waals surface area contributed by atoms with E-state index in [1.165, 1.54) is 11.9 Å². The van der Waals surface area contributed by atoms with Gasteiger partial charge in [-0.1, -0.05) is 6.07 Å². The van der Waals surface area contributed by atoms with Gasteiger partial charge < -0.3 is 10.2 Å². The predicted molar refractivity (Wildman–Crippen MR) is 104 cm³/mol. The van der Waals surface area contributed by atoms with Crippen LogP contribution in [0.4, 0.5) is 5.69 Å². The van der Waals surface area contributed by atoms with E-state index >= 15 is 0 Å². The van der Waals surface area contributed by atoms with Gasteiger partial charge in [0.15, 0.2) is 0 Å². The van der Waals surface area contributed by atoms with Gasteiger partial charge in [-0.15, -0.1) is 0 Å². The Hall–Kier alpha value is -3.26. The molecule has 0 aliphatic carbocycles. The normalized spacial score (nSPS) is 10.1. The summed E-state index contributed by atoms with van der Waals surface area (Å²) in [6.07, 6.45) is 3.51. The van der Waals surface area contributed by atoms with Gasteiger partial charge in [0.25, 0.3) is 0 Å². The van der Waals surface area contributed by atoms with Crippen LogP contribution in [-0.2, 0) is 9.59 Å². The molecule has 0 fully saturated rings. The van der Waals surface area contributed by atoms with Crippen molar-refractivity contribution < 1.29 is 19.8 Å². The number of isothiocyanates is 1. The fourth-order valence-electron chi connectivity index (χ4n) is 2.42. The van der Waals surface area contributed by atoms with Gasteiger partial charge in [0, 0.05) is 23.2 Å². The molecule has 0 radical (unpaired) electrons. The molecule has 27 heavy (non-hydrogen) atoms. The highest BCUT2D eigenvalue weighted by molar-refractivity contribution is 7.78. The number of aliphatic carboxylic acids is 2. The van der Waals surface area contributed by atoms with Gasteiger partial charge in [-0.25, -0.2) is 0 Å². The molecule has 0 atom stereocenters. The van der Waals surface area contributed by atoms with E-state index in [9.17, 15) is 9.59 Å². The lowest BCUT2D eigenvalue weighted by molar-refractivity contribution is -0.141. The SMILES string of the molecule is CN(CC(=O)O)CC(=O)O.S=C=Nc1cc2cccnc2c2ncccc12. The third-order valence-electron chi connectivity index (χ3n) is 3.42. The second-order valence-electron chi connectivity index (χ2n) is 5.53. The molecule has 0 spiro atoms. The summed E-state index contributed by atoms with van der Waals surface area (Å²) in [5.74, 6) is -2.05. The van der Waals surface area contributed by atoms with E-state index in [1.54, 1.807) is 12.4 Å². The van der Waals surface area contributed by atoms with Crippen LogP contribution in [0, 0.1) is 0 Å². The van der Waals surface area contributed by atoms with Crippen molar-refractivity contribution in [1.82, 2.24) is 14.9 Å². The molecule has 0 aliphatic heterocycles. The van der Waals surface area contributed by atoms with Crippen molar-refractivity contribution in [1.29, 1.82) is 0 Å². The van der Waals surface area contributed by atoms with Crippen molar-refractivity contribution in [2.45, 2.75) is 0 Å². The second kappa shape index (κ2) is 9.44. The van der Waals surface area contributed by atoms with Crippen LogP contribution in [0.1, 0.15) is 0 Å². The van der Waals surface area contributed by atoms with Crippen molar-refractivity contribution in [2.24, 2.45) is 4.99 Å². The van der Waals surface area contributed by atoms with Crippen LogP contribution in [0.25, 0.3) is 21.8 Å². The van der Waals surface area contributed by atoms with E-state index in [1.807, 2.05) is 30.3 Å². The number of hydrogen-bond donors (Lipinski definition) is 2. The lowest BCUT2D eigenvalue weighted by atomic mass is 10.1. The second-order valence-corrected chi connectivity index (χ2v) is 5.72. The molecule has 8 nitrogen and oxygen atoms in total. The summed E-state index contributed by atoms with van der Waals surface area (Å²) in [5.41, 5.74) is 2.50. The molecule has 2 N–H and O–H groups in total. The van der Waals surface area contributed by atoms with Crippen LogP contribution in [-0.4, -0.2) is 62.3 Å². The number of likely N-dealkylation sites (N-methyl/N-ethyl adjacent to an activating group) is 1. The van der Waals surface area contributed by atoms with E-state index in [4.69, 9.17) is 10.2 Å². The van der Waals surface area contributed by atoms with E-state index in [0.717, 1.165) is 27.5 Å². The monoisotopic (exact) mass is 384 g/mol. The number of aliphatic imine (C=N–C) groups is 1. The number of fused-ring (bicyclic) bond motifs is 3. The van der Waals surface area contributed by atoms with Crippen LogP contribution in [0.3, 0.4) is 0 Å². The smallest absolute Gasteiger partial charge is 0.317 e. The lowest BCUT2D eigenvalue weighted by Gasteiger charge is -2.08. The van der Waals surface area contributed by atoms with Gasteiger partial charge in [-0.2, -0.15) is 4.99 Å². The zero-order valence-corrected chi connectivity index (χ0v) is 15.2. The van der Waals surface area contributed by atoms with Crippen LogP contribution in [0.15, 0.2) is 47.7 Å².